The van der Waals surface area contributed by atoms with Gasteiger partial charge in [-0.1, -0.05) is 6.07 Å². The van der Waals surface area contributed by atoms with Crippen LogP contribution in [0.4, 0.5) is 4.39 Å². The van der Waals surface area contributed by atoms with Gasteiger partial charge in [-0.2, -0.15) is 0 Å². The van der Waals surface area contributed by atoms with Crippen LogP contribution >= 0.6 is 0 Å². The highest BCUT2D eigenvalue weighted by atomic mass is 19.1. The molecule has 1 N–H and O–H groups in total. The van der Waals surface area contributed by atoms with Gasteiger partial charge in [0.2, 0.25) is 0 Å². The number of piperidine rings is 1. The summed E-state index contributed by atoms with van der Waals surface area (Å²) in [6, 6.07) is 3.81. The first-order valence-electron chi connectivity index (χ1n) is 5.73. The van der Waals surface area contributed by atoms with Crippen LogP contribution in [0.1, 0.15) is 29.0 Å². The van der Waals surface area contributed by atoms with Gasteiger partial charge in [0.05, 0.1) is 0 Å². The van der Waals surface area contributed by atoms with Gasteiger partial charge in [-0.05, 0) is 60.9 Å². The number of halogens is 1. The highest BCUT2D eigenvalue weighted by Crippen LogP contribution is 2.37. The van der Waals surface area contributed by atoms with Crippen LogP contribution in [-0.2, 0) is 6.42 Å². The summed E-state index contributed by atoms with van der Waals surface area (Å²) in [5, 5.41) is 3.44. The highest BCUT2D eigenvalue weighted by Gasteiger charge is 2.30. The minimum absolute atomic E-state index is 0.0437. The number of hydrogen-bond acceptors (Lipinski definition) is 1. The van der Waals surface area contributed by atoms with Crippen molar-refractivity contribution >= 4 is 0 Å². The zero-order valence-corrected chi connectivity index (χ0v) is 9.02. The lowest BCUT2D eigenvalue weighted by atomic mass is 9.74. The van der Waals surface area contributed by atoms with Crippen LogP contribution in [0.3, 0.4) is 0 Å². The summed E-state index contributed by atoms with van der Waals surface area (Å²) in [6.45, 7) is 4.01. The van der Waals surface area contributed by atoms with E-state index < -0.39 is 0 Å². The lowest BCUT2D eigenvalue weighted by Crippen LogP contribution is -2.39. The zero-order valence-electron chi connectivity index (χ0n) is 9.02. The lowest BCUT2D eigenvalue weighted by molar-refractivity contribution is 0.317. The molecule has 3 rings (SSSR count). The van der Waals surface area contributed by atoms with E-state index in [4.69, 9.17) is 0 Å². The first-order valence-corrected chi connectivity index (χ1v) is 5.73. The van der Waals surface area contributed by atoms with Gasteiger partial charge in [0.15, 0.2) is 0 Å². The molecule has 2 atom stereocenters. The van der Waals surface area contributed by atoms with E-state index in [1.54, 1.807) is 6.07 Å². The molecule has 1 aliphatic heterocycles. The van der Waals surface area contributed by atoms with Crippen LogP contribution in [0, 0.1) is 18.7 Å². The first kappa shape index (κ1) is 9.34. The lowest BCUT2D eigenvalue weighted by Gasteiger charge is -2.37. The summed E-state index contributed by atoms with van der Waals surface area (Å²) in [5.74, 6) is 1.27. The molecule has 1 heterocycles. The number of aryl methyl sites for hydroxylation is 1. The fourth-order valence-corrected chi connectivity index (χ4v) is 3.05. The third-order valence-corrected chi connectivity index (χ3v) is 3.81. The van der Waals surface area contributed by atoms with E-state index in [9.17, 15) is 4.39 Å². The number of benzene rings is 1. The summed E-state index contributed by atoms with van der Waals surface area (Å²) in [6.07, 6.45) is 2.36. The maximum absolute atomic E-state index is 13.5. The second-order valence-corrected chi connectivity index (χ2v) is 4.96. The van der Waals surface area contributed by atoms with Crippen molar-refractivity contribution in [3.05, 3.63) is 34.6 Å². The topological polar surface area (TPSA) is 12.0 Å². The van der Waals surface area contributed by atoms with Crippen LogP contribution in [0.5, 0.6) is 0 Å². The molecule has 1 aromatic carbocycles. The molecule has 0 spiro atoms. The molecule has 1 saturated heterocycles. The minimum atomic E-state index is -0.0437. The fourth-order valence-electron chi connectivity index (χ4n) is 3.05. The second kappa shape index (κ2) is 3.31. The summed E-state index contributed by atoms with van der Waals surface area (Å²) in [4.78, 5) is 0. The Bertz CT molecular complexity index is 400. The van der Waals surface area contributed by atoms with Crippen molar-refractivity contribution in [1.82, 2.24) is 5.32 Å². The summed E-state index contributed by atoms with van der Waals surface area (Å²) < 4.78 is 13.5. The van der Waals surface area contributed by atoms with Gasteiger partial charge in [0.25, 0.3) is 0 Å². The molecule has 2 aliphatic rings. The summed E-state index contributed by atoms with van der Waals surface area (Å²) in [7, 11) is 0. The molecule has 1 aliphatic carbocycles. The Hall–Kier alpha value is -0.890. The normalized spacial score (nSPS) is 28.7. The molecule has 15 heavy (non-hydrogen) atoms. The van der Waals surface area contributed by atoms with Gasteiger partial charge in [-0.3, -0.25) is 0 Å². The summed E-state index contributed by atoms with van der Waals surface area (Å²) >= 11 is 0. The standard InChI is InChI=1S/C13H16FN/c1-8-2-10-3-9-4-11(7-15-6-9)12(10)5-13(8)14/h2,5,9,11,15H,3-4,6-7H2,1H3. The van der Waals surface area contributed by atoms with Crippen molar-refractivity contribution in [1.29, 1.82) is 0 Å². The van der Waals surface area contributed by atoms with E-state index in [0.29, 0.717) is 5.92 Å². The molecule has 2 heteroatoms. The molecular weight excluding hydrogens is 189 g/mol. The van der Waals surface area contributed by atoms with Gasteiger partial charge >= 0.3 is 0 Å². The second-order valence-electron chi connectivity index (χ2n) is 4.96. The fraction of sp³-hybridized carbons (Fsp3) is 0.538. The van der Waals surface area contributed by atoms with Crippen LogP contribution in [0.25, 0.3) is 0 Å². The average Bonchev–Trinajstić information content (AvgIpc) is 2.22. The highest BCUT2D eigenvalue weighted by molar-refractivity contribution is 5.38. The Balaban J connectivity index is 2.09. The third-order valence-electron chi connectivity index (χ3n) is 3.81. The van der Waals surface area contributed by atoms with Crippen LogP contribution in [0.15, 0.2) is 12.1 Å². The van der Waals surface area contributed by atoms with Crippen molar-refractivity contribution in [2.75, 3.05) is 13.1 Å². The van der Waals surface area contributed by atoms with Gasteiger partial charge in [-0.25, -0.2) is 4.39 Å². The number of nitrogens with one attached hydrogen (secondary N) is 1. The van der Waals surface area contributed by atoms with Gasteiger partial charge in [-0.15, -0.1) is 0 Å². The van der Waals surface area contributed by atoms with Crippen LogP contribution < -0.4 is 5.32 Å². The van der Waals surface area contributed by atoms with E-state index in [0.717, 1.165) is 31.0 Å². The molecule has 0 saturated carbocycles. The molecule has 80 valence electrons. The van der Waals surface area contributed by atoms with E-state index in [1.807, 2.05) is 6.92 Å². The molecule has 1 fully saturated rings. The maximum atomic E-state index is 13.5. The Labute approximate surface area is 89.7 Å². The monoisotopic (exact) mass is 205 g/mol. The molecule has 0 aromatic heterocycles. The zero-order chi connectivity index (χ0) is 10.4. The quantitative estimate of drug-likeness (QED) is 0.685. The molecule has 0 radical (unpaired) electrons. The Morgan fingerprint density at radius 3 is 3.07 bits per heavy atom. The third kappa shape index (κ3) is 1.48. The van der Waals surface area contributed by atoms with E-state index in [-0.39, 0.29) is 5.82 Å². The van der Waals surface area contributed by atoms with E-state index in [1.165, 1.54) is 17.5 Å². The Kier molecular flexibility index (Phi) is 2.06. The predicted octanol–water partition coefficient (Wildman–Crippen LogP) is 2.38. The molecular formula is C13H16FN. The smallest absolute Gasteiger partial charge is 0.126 e. The van der Waals surface area contributed by atoms with Crippen molar-refractivity contribution in [2.24, 2.45) is 5.92 Å². The number of rotatable bonds is 0. The van der Waals surface area contributed by atoms with Crippen molar-refractivity contribution in [2.45, 2.75) is 25.7 Å². The molecule has 2 bridgehead atoms. The van der Waals surface area contributed by atoms with Crippen LogP contribution in [0.2, 0.25) is 0 Å². The molecule has 0 amide bonds. The van der Waals surface area contributed by atoms with Gasteiger partial charge in [0, 0.05) is 6.54 Å². The van der Waals surface area contributed by atoms with Crippen molar-refractivity contribution < 1.29 is 4.39 Å². The van der Waals surface area contributed by atoms with E-state index >= 15 is 0 Å². The van der Waals surface area contributed by atoms with Crippen molar-refractivity contribution in [3.63, 3.8) is 0 Å². The number of hydrogen-bond donors (Lipinski definition) is 1. The van der Waals surface area contributed by atoms with Crippen LogP contribution in [-0.4, -0.2) is 13.1 Å². The first-order chi connectivity index (χ1) is 7.24. The average molecular weight is 205 g/mol. The van der Waals surface area contributed by atoms with Crippen molar-refractivity contribution in [3.8, 4) is 0 Å². The van der Waals surface area contributed by atoms with Gasteiger partial charge in [0.1, 0.15) is 5.82 Å². The largest absolute Gasteiger partial charge is 0.316 e. The predicted molar refractivity (Wildman–Crippen MR) is 58.6 cm³/mol. The SMILES string of the molecule is Cc1cc2c(cc1F)C1CNCC(C2)C1. The molecule has 2 unspecified atom stereocenters. The Morgan fingerprint density at radius 1 is 1.33 bits per heavy atom. The summed E-state index contributed by atoms with van der Waals surface area (Å²) in [5.41, 5.74) is 3.43. The molecule has 1 aromatic rings. The minimum Gasteiger partial charge on any atom is -0.316 e. The van der Waals surface area contributed by atoms with Gasteiger partial charge < -0.3 is 5.32 Å². The number of fused-ring (bicyclic) bond motifs is 4. The molecule has 1 nitrogen and oxygen atoms in total. The Morgan fingerprint density at radius 2 is 2.20 bits per heavy atom. The van der Waals surface area contributed by atoms with E-state index in [2.05, 4.69) is 11.4 Å². The maximum Gasteiger partial charge on any atom is 0.126 e.